The van der Waals surface area contributed by atoms with Gasteiger partial charge in [0, 0.05) is 11.8 Å². The molecule has 0 N–H and O–H groups in total. The summed E-state index contributed by atoms with van der Waals surface area (Å²) in [7, 11) is 0. The molecule has 2 aliphatic carbocycles. The van der Waals surface area contributed by atoms with Crippen LogP contribution in [0.15, 0.2) is 0 Å². The van der Waals surface area contributed by atoms with Crippen LogP contribution in [-0.4, -0.2) is 7.85 Å². The summed E-state index contributed by atoms with van der Waals surface area (Å²) in [6.45, 7) is 0. The van der Waals surface area contributed by atoms with Gasteiger partial charge < -0.3 is 0 Å². The molecule has 3 aliphatic rings. The van der Waals surface area contributed by atoms with Crippen molar-refractivity contribution in [2.75, 3.05) is 0 Å². The van der Waals surface area contributed by atoms with Gasteiger partial charge in [0.15, 0.2) is 7.85 Å². The number of alkyl halides is 2. The Balaban J connectivity index is 1.68. The van der Waals surface area contributed by atoms with E-state index in [9.17, 15) is 0 Å². The molecule has 4 unspecified atom stereocenters. The summed E-state index contributed by atoms with van der Waals surface area (Å²) in [4.78, 5) is 0. The number of hydrogen-bond donors (Lipinski definition) is 0. The van der Waals surface area contributed by atoms with E-state index in [2.05, 4.69) is 0 Å². The Bertz CT molecular complexity index is 159. The lowest BCUT2D eigenvalue weighted by atomic mass is 9.77. The Morgan fingerprint density at radius 3 is 1.71 bits per heavy atom. The summed E-state index contributed by atoms with van der Waals surface area (Å²) >= 11 is 0.592. The average Bonchev–Trinajstić information content (AvgIpc) is 2.26. The van der Waals surface area contributed by atoms with E-state index in [1.54, 1.807) is 57.8 Å². The first kappa shape index (κ1) is 9.92. The molecular formula is C13H22I+. The summed E-state index contributed by atoms with van der Waals surface area (Å²) in [5, 5.41) is 0. The Labute approximate surface area is 98.5 Å². The molecule has 0 spiro atoms. The minimum Gasteiger partial charge on any atom is -0.0527 e. The van der Waals surface area contributed by atoms with Crippen molar-refractivity contribution in [1.29, 1.82) is 0 Å². The van der Waals surface area contributed by atoms with Crippen LogP contribution >= 0.6 is 0 Å². The van der Waals surface area contributed by atoms with Gasteiger partial charge in [0.05, 0.1) is 0 Å². The summed E-state index contributed by atoms with van der Waals surface area (Å²) < 4.78 is 2.53. The predicted octanol–water partition coefficient (Wildman–Crippen LogP) is 0.597. The van der Waals surface area contributed by atoms with Gasteiger partial charge in [-0.1, -0.05) is 12.8 Å². The normalized spacial score (nSPS) is 48.0. The molecule has 0 aromatic carbocycles. The van der Waals surface area contributed by atoms with Crippen molar-refractivity contribution < 1.29 is 21.2 Å². The Morgan fingerprint density at radius 2 is 1.14 bits per heavy atom. The molecule has 3 fully saturated rings. The third-order valence-electron chi connectivity index (χ3n) is 4.56. The Kier molecular flexibility index (Phi) is 3.05. The highest BCUT2D eigenvalue weighted by Crippen LogP contribution is 2.35. The fourth-order valence-corrected chi connectivity index (χ4v) is 9.05. The summed E-state index contributed by atoms with van der Waals surface area (Å²) in [6.07, 6.45) is 14.4. The van der Waals surface area contributed by atoms with Crippen molar-refractivity contribution in [3.05, 3.63) is 0 Å². The smallest absolute Gasteiger partial charge is 0.0527 e. The second-order valence-electron chi connectivity index (χ2n) is 5.48. The molecule has 0 nitrogen and oxygen atoms in total. The molecule has 0 radical (unpaired) electrons. The molecular weight excluding hydrogens is 283 g/mol. The average molecular weight is 305 g/mol. The molecule has 80 valence electrons. The third kappa shape index (κ3) is 1.85. The van der Waals surface area contributed by atoms with E-state index >= 15 is 0 Å². The van der Waals surface area contributed by atoms with Gasteiger partial charge >= 0.3 is 0 Å². The molecule has 1 heterocycles. The zero-order valence-corrected chi connectivity index (χ0v) is 11.2. The van der Waals surface area contributed by atoms with Crippen LogP contribution in [0.5, 0.6) is 0 Å². The number of hydrogen-bond acceptors (Lipinski definition) is 0. The first-order chi connectivity index (χ1) is 6.93. The van der Waals surface area contributed by atoms with E-state index < -0.39 is 0 Å². The van der Waals surface area contributed by atoms with Gasteiger partial charge in [0.25, 0.3) is 21.2 Å². The lowest BCUT2D eigenvalue weighted by Gasteiger charge is -2.37. The number of fused-ring (bicyclic) bond motifs is 2. The van der Waals surface area contributed by atoms with E-state index in [1.165, 1.54) is 19.7 Å². The van der Waals surface area contributed by atoms with Gasteiger partial charge in [0.1, 0.15) is 0 Å². The van der Waals surface area contributed by atoms with Crippen LogP contribution in [0.25, 0.3) is 0 Å². The van der Waals surface area contributed by atoms with Crippen LogP contribution in [0.2, 0.25) is 0 Å². The first-order valence-corrected chi connectivity index (χ1v) is 9.04. The molecule has 0 bridgehead atoms. The van der Waals surface area contributed by atoms with Crippen molar-refractivity contribution in [2.24, 2.45) is 11.8 Å². The zero-order valence-electron chi connectivity index (χ0n) is 9.05. The minimum atomic E-state index is 0.592. The maximum Gasteiger partial charge on any atom is 0.276 e. The second kappa shape index (κ2) is 4.31. The SMILES string of the molecule is C1CCC2[I+]C3CCCCC3CC2C1. The van der Waals surface area contributed by atoms with Gasteiger partial charge in [-0.05, 0) is 44.9 Å². The van der Waals surface area contributed by atoms with Crippen molar-refractivity contribution in [3.8, 4) is 0 Å². The first-order valence-electron chi connectivity index (χ1n) is 6.55. The van der Waals surface area contributed by atoms with Crippen molar-refractivity contribution in [3.63, 3.8) is 0 Å². The summed E-state index contributed by atoms with van der Waals surface area (Å²) in [5.41, 5.74) is 0. The third-order valence-corrected chi connectivity index (χ3v) is 9.69. The summed E-state index contributed by atoms with van der Waals surface area (Å²) in [6, 6.07) is 0. The molecule has 14 heavy (non-hydrogen) atoms. The highest BCUT2D eigenvalue weighted by molar-refractivity contribution is 4.85. The van der Waals surface area contributed by atoms with Crippen molar-refractivity contribution in [2.45, 2.75) is 65.6 Å². The van der Waals surface area contributed by atoms with Gasteiger partial charge in [-0.15, -0.1) is 0 Å². The molecule has 3 rings (SSSR count). The molecule has 2 saturated carbocycles. The standard InChI is InChI=1S/C13H22I/c1-3-7-12-10(5-1)9-11-6-2-4-8-13(11)14-12/h10-13H,1-9H2/q+1. The largest absolute Gasteiger partial charge is 0.276 e. The topological polar surface area (TPSA) is 0 Å². The maximum absolute atomic E-state index is 1.65. The number of halogens is 1. The fourth-order valence-electron chi connectivity index (χ4n) is 3.78. The Morgan fingerprint density at radius 1 is 0.643 bits per heavy atom. The van der Waals surface area contributed by atoms with Gasteiger partial charge in [-0.25, -0.2) is 0 Å². The summed E-state index contributed by atoms with van der Waals surface area (Å²) in [5.74, 6) is 2.41. The Hall–Kier alpha value is 0.730. The second-order valence-corrected chi connectivity index (χ2v) is 9.40. The van der Waals surface area contributed by atoms with E-state index in [4.69, 9.17) is 0 Å². The maximum atomic E-state index is 1.65. The quantitative estimate of drug-likeness (QED) is 0.454. The monoisotopic (exact) mass is 305 g/mol. The minimum absolute atomic E-state index is 0.592. The van der Waals surface area contributed by atoms with Crippen LogP contribution < -0.4 is 21.2 Å². The molecule has 4 atom stereocenters. The molecule has 1 aliphatic heterocycles. The lowest BCUT2D eigenvalue weighted by molar-refractivity contribution is -0.747. The molecule has 0 amide bonds. The van der Waals surface area contributed by atoms with Crippen LogP contribution in [0.3, 0.4) is 0 Å². The molecule has 0 aromatic heterocycles. The van der Waals surface area contributed by atoms with Crippen molar-refractivity contribution in [1.82, 2.24) is 0 Å². The van der Waals surface area contributed by atoms with Gasteiger partial charge in [-0.2, -0.15) is 0 Å². The van der Waals surface area contributed by atoms with E-state index in [0.717, 1.165) is 0 Å². The zero-order chi connectivity index (χ0) is 9.38. The van der Waals surface area contributed by atoms with Crippen LogP contribution in [0.4, 0.5) is 0 Å². The van der Waals surface area contributed by atoms with E-state index in [-0.39, 0.29) is 0 Å². The van der Waals surface area contributed by atoms with Crippen LogP contribution in [0.1, 0.15) is 57.8 Å². The lowest BCUT2D eigenvalue weighted by Crippen LogP contribution is -3.69. The van der Waals surface area contributed by atoms with Crippen LogP contribution in [-0.2, 0) is 0 Å². The molecule has 0 aromatic rings. The van der Waals surface area contributed by atoms with Crippen molar-refractivity contribution >= 4 is 0 Å². The number of rotatable bonds is 0. The van der Waals surface area contributed by atoms with E-state index in [0.29, 0.717) is 21.2 Å². The van der Waals surface area contributed by atoms with Gasteiger partial charge in [-0.3, -0.25) is 0 Å². The van der Waals surface area contributed by atoms with Crippen LogP contribution in [0, 0.1) is 11.8 Å². The highest BCUT2D eigenvalue weighted by Gasteiger charge is 2.49. The van der Waals surface area contributed by atoms with Gasteiger partial charge in [0.2, 0.25) is 0 Å². The molecule has 1 saturated heterocycles. The molecule has 1 heteroatoms. The predicted molar refractivity (Wildman–Crippen MR) is 56.1 cm³/mol. The highest BCUT2D eigenvalue weighted by atomic mass is 127. The van der Waals surface area contributed by atoms with E-state index in [1.807, 2.05) is 0 Å². The fraction of sp³-hybridized carbons (Fsp3) is 1.00.